The Morgan fingerprint density at radius 3 is 2.08 bits per heavy atom. The van der Waals surface area contributed by atoms with Crippen molar-refractivity contribution in [1.82, 2.24) is 13.5 Å². The number of hydrogen-bond donors (Lipinski definition) is 0. The van der Waals surface area contributed by atoms with Crippen molar-refractivity contribution in [3.63, 3.8) is 0 Å². The van der Waals surface area contributed by atoms with E-state index in [0.29, 0.717) is 0 Å². The zero-order valence-corrected chi connectivity index (χ0v) is 21.1. The number of furan rings is 1. The Balaban J connectivity index is 1.68. The second-order valence-electron chi connectivity index (χ2n) is 10.6. The maximum atomic E-state index is 6.75. The Hall–Kier alpha value is -5.22. The zero-order chi connectivity index (χ0) is 25.4. The van der Waals surface area contributed by atoms with E-state index in [1.807, 2.05) is 0 Å². The van der Waals surface area contributed by atoms with Gasteiger partial charge in [-0.15, -0.1) is 0 Å². The van der Waals surface area contributed by atoms with Gasteiger partial charge in [0, 0.05) is 50.6 Å². The minimum Gasteiger partial charge on any atom is -0.439 e. The lowest BCUT2D eigenvalue weighted by Crippen LogP contribution is -1.94. The van der Waals surface area contributed by atoms with Crippen molar-refractivity contribution in [2.45, 2.75) is 0 Å². The monoisotopic (exact) mass is 499 g/mol. The Bertz CT molecular complexity index is 2610. The van der Waals surface area contributed by atoms with Gasteiger partial charge in [-0.3, -0.25) is 4.40 Å². The highest BCUT2D eigenvalue weighted by Gasteiger charge is 2.27. The quantitative estimate of drug-likeness (QED) is 0.221. The summed E-state index contributed by atoms with van der Waals surface area (Å²) >= 11 is 0. The van der Waals surface area contributed by atoms with E-state index in [9.17, 15) is 0 Å². The first-order valence-electron chi connectivity index (χ1n) is 13.4. The lowest BCUT2D eigenvalue weighted by atomic mass is 10.0. The van der Waals surface area contributed by atoms with Gasteiger partial charge in [0.25, 0.3) is 0 Å². The maximum absolute atomic E-state index is 6.75. The summed E-state index contributed by atoms with van der Waals surface area (Å²) in [5.74, 6) is 0. The van der Waals surface area contributed by atoms with E-state index in [-0.39, 0.29) is 0 Å². The van der Waals surface area contributed by atoms with E-state index in [4.69, 9.17) is 4.42 Å². The molecule has 0 amide bonds. The average molecular weight is 500 g/mol. The molecule has 39 heavy (non-hydrogen) atoms. The van der Waals surface area contributed by atoms with Crippen LogP contribution in [0, 0.1) is 0 Å². The number of nitrogens with zero attached hydrogens (tertiary/aromatic N) is 3. The van der Waals surface area contributed by atoms with Gasteiger partial charge in [-0.1, -0.05) is 66.7 Å². The average Bonchev–Trinajstić information content (AvgIpc) is 3.67. The molecule has 0 aliphatic rings. The summed E-state index contributed by atoms with van der Waals surface area (Å²) in [6.07, 6.45) is 0. The van der Waals surface area contributed by atoms with Gasteiger partial charge in [0.1, 0.15) is 5.58 Å². The molecule has 0 fully saturated rings. The fraction of sp³-hybridized carbons (Fsp3) is 0.0286. The molecule has 0 radical (unpaired) electrons. The molecule has 0 unspecified atom stereocenters. The number of aryl methyl sites for hydroxylation is 1. The van der Waals surface area contributed by atoms with Crippen molar-refractivity contribution < 1.29 is 4.42 Å². The summed E-state index contributed by atoms with van der Waals surface area (Å²) in [6.45, 7) is 0. The summed E-state index contributed by atoms with van der Waals surface area (Å²) in [7, 11) is 2.18. The summed E-state index contributed by atoms with van der Waals surface area (Å²) in [6, 6.07) is 39.2. The van der Waals surface area contributed by atoms with Crippen molar-refractivity contribution in [2.75, 3.05) is 0 Å². The van der Waals surface area contributed by atoms with Crippen molar-refractivity contribution in [3.8, 4) is 5.69 Å². The first-order valence-corrected chi connectivity index (χ1v) is 13.4. The molecule has 5 heterocycles. The third kappa shape index (κ3) is 2.16. The third-order valence-corrected chi connectivity index (χ3v) is 8.79. The van der Waals surface area contributed by atoms with Gasteiger partial charge < -0.3 is 13.6 Å². The van der Waals surface area contributed by atoms with Crippen LogP contribution in [0.15, 0.2) is 114 Å². The Morgan fingerprint density at radius 1 is 0.487 bits per heavy atom. The van der Waals surface area contributed by atoms with Gasteiger partial charge in [-0.2, -0.15) is 0 Å². The number of para-hydroxylation sites is 3. The molecule has 5 aromatic heterocycles. The smallest absolute Gasteiger partial charge is 0.213 e. The molecule has 0 saturated heterocycles. The lowest BCUT2D eigenvalue weighted by molar-refractivity contribution is 0.652. The highest BCUT2D eigenvalue weighted by Crippen LogP contribution is 2.48. The molecule has 182 valence electrons. The Kier molecular flexibility index (Phi) is 3.36. The second-order valence-corrected chi connectivity index (χ2v) is 10.6. The molecular weight excluding hydrogens is 478 g/mol. The first kappa shape index (κ1) is 19.8. The van der Waals surface area contributed by atoms with Crippen molar-refractivity contribution >= 4 is 82.1 Å². The van der Waals surface area contributed by atoms with Crippen molar-refractivity contribution in [2.24, 2.45) is 7.05 Å². The molecule has 0 saturated carbocycles. The van der Waals surface area contributed by atoms with Gasteiger partial charge >= 0.3 is 0 Å². The standard InChI is InChI=1S/C35H21N3O/c1-36-26-16-9-14-23-30(26)31-27(36)19-18-24-29-22-13-6-8-17-28(22)39-35(29)38(32(24)31)33-21-12-5-7-15-25(21)37(34(23)33)20-10-3-2-4-11-20/h2-19H,1H3. The van der Waals surface area contributed by atoms with E-state index < -0.39 is 0 Å². The van der Waals surface area contributed by atoms with Crippen LogP contribution in [0.3, 0.4) is 0 Å². The second kappa shape index (κ2) is 6.61. The summed E-state index contributed by atoms with van der Waals surface area (Å²) in [5, 5.41) is 8.61. The number of fused-ring (bicyclic) bond motifs is 10. The number of hydrogen-bond acceptors (Lipinski definition) is 1. The molecule has 5 aromatic carbocycles. The molecule has 0 spiro atoms. The van der Waals surface area contributed by atoms with Crippen LogP contribution in [0.1, 0.15) is 0 Å². The van der Waals surface area contributed by atoms with Gasteiger partial charge in [0.15, 0.2) is 0 Å². The third-order valence-electron chi connectivity index (χ3n) is 8.79. The van der Waals surface area contributed by atoms with Crippen LogP contribution in [0.5, 0.6) is 0 Å². The first-order chi connectivity index (χ1) is 19.3. The molecule has 0 aliphatic carbocycles. The predicted octanol–water partition coefficient (Wildman–Crippen LogP) is 9.17. The van der Waals surface area contributed by atoms with E-state index >= 15 is 0 Å². The van der Waals surface area contributed by atoms with E-state index in [1.165, 1.54) is 65.4 Å². The van der Waals surface area contributed by atoms with Gasteiger partial charge in [-0.25, -0.2) is 0 Å². The highest BCUT2D eigenvalue weighted by molar-refractivity contribution is 6.35. The molecule has 0 atom stereocenters. The van der Waals surface area contributed by atoms with E-state index in [0.717, 1.165) is 22.4 Å². The van der Waals surface area contributed by atoms with Gasteiger partial charge in [0.2, 0.25) is 5.71 Å². The normalized spacial score (nSPS) is 12.7. The van der Waals surface area contributed by atoms with Gasteiger partial charge in [-0.05, 0) is 42.5 Å². The van der Waals surface area contributed by atoms with E-state index in [2.05, 4.69) is 130 Å². The summed E-state index contributed by atoms with van der Waals surface area (Å²) in [4.78, 5) is 0. The van der Waals surface area contributed by atoms with Crippen LogP contribution in [-0.2, 0) is 7.05 Å². The Labute approximate surface area is 221 Å². The number of benzene rings is 5. The summed E-state index contributed by atoms with van der Waals surface area (Å²) in [5.41, 5.74) is 10.2. The molecule has 4 heteroatoms. The lowest BCUT2D eigenvalue weighted by Gasteiger charge is -2.08. The largest absolute Gasteiger partial charge is 0.439 e. The van der Waals surface area contributed by atoms with Crippen molar-refractivity contribution in [3.05, 3.63) is 109 Å². The summed E-state index contributed by atoms with van der Waals surface area (Å²) < 4.78 is 13.9. The van der Waals surface area contributed by atoms with Gasteiger partial charge in [0.05, 0.1) is 33.0 Å². The molecular formula is C35H21N3O. The highest BCUT2D eigenvalue weighted by atomic mass is 16.3. The van der Waals surface area contributed by atoms with Crippen LogP contribution in [-0.4, -0.2) is 13.5 Å². The topological polar surface area (TPSA) is 27.4 Å². The maximum Gasteiger partial charge on any atom is 0.213 e. The van der Waals surface area contributed by atoms with E-state index in [1.54, 1.807) is 0 Å². The van der Waals surface area contributed by atoms with Crippen LogP contribution >= 0.6 is 0 Å². The van der Waals surface area contributed by atoms with Crippen LogP contribution in [0.25, 0.3) is 87.8 Å². The molecule has 0 N–H and O–H groups in total. The number of aromatic nitrogens is 3. The SMILES string of the molecule is Cn1c2cccc3c2c2c1ccc1c4c5ccccc5oc4n(c12)c1c2ccccc2n(-c2ccccc2)c31. The van der Waals surface area contributed by atoms with Crippen LogP contribution < -0.4 is 0 Å². The van der Waals surface area contributed by atoms with Crippen LogP contribution in [0.2, 0.25) is 0 Å². The minimum atomic E-state index is 0.903. The van der Waals surface area contributed by atoms with Crippen LogP contribution in [0.4, 0.5) is 0 Å². The van der Waals surface area contributed by atoms with Crippen molar-refractivity contribution in [1.29, 1.82) is 0 Å². The molecule has 10 aromatic rings. The number of rotatable bonds is 1. The molecule has 0 bridgehead atoms. The minimum absolute atomic E-state index is 0.903. The fourth-order valence-corrected chi connectivity index (χ4v) is 7.26. The zero-order valence-electron chi connectivity index (χ0n) is 21.1. The Morgan fingerprint density at radius 2 is 1.18 bits per heavy atom. The molecule has 0 aliphatic heterocycles. The molecule has 4 nitrogen and oxygen atoms in total. The fourth-order valence-electron chi connectivity index (χ4n) is 7.26. The molecule has 10 rings (SSSR count). The predicted molar refractivity (Wildman–Crippen MR) is 162 cm³/mol.